The second kappa shape index (κ2) is 7.80. The Kier molecular flexibility index (Phi) is 6.00. The first-order valence-electron chi connectivity index (χ1n) is 8.24. The number of ether oxygens (including phenoxy) is 1. The van der Waals surface area contributed by atoms with Crippen molar-refractivity contribution in [3.05, 3.63) is 21.4 Å². The Labute approximate surface area is 147 Å². The van der Waals surface area contributed by atoms with Crippen LogP contribution in [-0.2, 0) is 17.6 Å². The number of likely N-dealkylation sites (tertiary alicyclic amines) is 1. The van der Waals surface area contributed by atoms with Crippen LogP contribution in [0.1, 0.15) is 53.7 Å². The van der Waals surface area contributed by atoms with Gasteiger partial charge in [0.05, 0.1) is 12.5 Å². The minimum Gasteiger partial charge on any atom is -0.444 e. The Morgan fingerprint density at radius 2 is 2.12 bits per heavy atom. The molecule has 0 saturated carbocycles. The highest BCUT2D eigenvalue weighted by Crippen LogP contribution is 2.28. The molecule has 2 rings (SSSR count). The molecule has 1 aliphatic heterocycles. The molecule has 1 aromatic heterocycles. The number of carbonyl (C=O) groups excluding carboxylic acids is 2. The summed E-state index contributed by atoms with van der Waals surface area (Å²) in [5.41, 5.74) is 0.176. The highest BCUT2D eigenvalue weighted by atomic mass is 32.1. The van der Waals surface area contributed by atoms with Crippen LogP contribution in [0.15, 0.2) is 6.07 Å². The maximum Gasteiger partial charge on any atom is 0.410 e. The van der Waals surface area contributed by atoms with Crippen LogP contribution in [0.3, 0.4) is 0 Å². The van der Waals surface area contributed by atoms with Crippen LogP contribution in [0, 0.1) is 17.2 Å². The van der Waals surface area contributed by atoms with Crippen molar-refractivity contribution < 1.29 is 14.3 Å². The van der Waals surface area contributed by atoms with Crippen molar-refractivity contribution in [1.82, 2.24) is 4.90 Å². The van der Waals surface area contributed by atoms with Crippen LogP contribution >= 0.6 is 11.3 Å². The van der Waals surface area contributed by atoms with Crippen molar-refractivity contribution in [2.45, 2.75) is 52.1 Å². The number of thiophene rings is 1. The molecular formula is C18H24N2O3S. The summed E-state index contributed by atoms with van der Waals surface area (Å²) >= 11 is 1.56. The molecule has 24 heavy (non-hydrogen) atoms. The van der Waals surface area contributed by atoms with E-state index in [1.54, 1.807) is 16.2 Å². The maximum atomic E-state index is 12.1. The Morgan fingerprint density at radius 3 is 2.67 bits per heavy atom. The highest BCUT2D eigenvalue weighted by Gasteiger charge is 2.27. The van der Waals surface area contributed by atoms with Crippen LogP contribution in [0.25, 0.3) is 0 Å². The quantitative estimate of drug-likeness (QED) is 0.776. The standard InChI is InChI=1S/C18H24N2O3S/c1-18(2,3)23-17(22)20-8-5-13(6-9-20)10-15-11-14(12-21)16(24-15)4-7-19/h11-13H,4-6,8-10H2,1-3H3. The van der Waals surface area contributed by atoms with Gasteiger partial charge in [-0.2, -0.15) is 5.26 Å². The number of hydrogen-bond donors (Lipinski definition) is 0. The molecule has 0 atom stereocenters. The summed E-state index contributed by atoms with van der Waals surface area (Å²) in [6.07, 6.45) is 3.64. The fourth-order valence-corrected chi connectivity index (χ4v) is 4.02. The number of carbonyl (C=O) groups is 2. The Balaban J connectivity index is 1.88. The van der Waals surface area contributed by atoms with Gasteiger partial charge in [0.1, 0.15) is 5.60 Å². The van der Waals surface area contributed by atoms with E-state index in [2.05, 4.69) is 6.07 Å². The average Bonchev–Trinajstić information content (AvgIpc) is 2.88. The molecule has 1 amide bonds. The second-order valence-corrected chi connectivity index (χ2v) is 8.38. The smallest absolute Gasteiger partial charge is 0.410 e. The van der Waals surface area contributed by atoms with E-state index in [4.69, 9.17) is 10.00 Å². The zero-order chi connectivity index (χ0) is 17.7. The number of aldehydes is 1. The van der Waals surface area contributed by atoms with Gasteiger partial charge in [0.25, 0.3) is 0 Å². The van der Waals surface area contributed by atoms with E-state index >= 15 is 0 Å². The third kappa shape index (κ3) is 5.07. The van der Waals surface area contributed by atoms with Crippen LogP contribution < -0.4 is 0 Å². The summed E-state index contributed by atoms with van der Waals surface area (Å²) in [6.45, 7) is 7.03. The lowest BCUT2D eigenvalue weighted by Gasteiger charge is -2.33. The van der Waals surface area contributed by atoms with Gasteiger partial charge in [-0.05, 0) is 52.0 Å². The minimum absolute atomic E-state index is 0.239. The van der Waals surface area contributed by atoms with Gasteiger partial charge in [-0.15, -0.1) is 11.3 Å². The zero-order valence-corrected chi connectivity index (χ0v) is 15.3. The lowest BCUT2D eigenvalue weighted by Crippen LogP contribution is -2.42. The number of hydrogen-bond acceptors (Lipinski definition) is 5. The molecule has 0 N–H and O–H groups in total. The summed E-state index contributed by atoms with van der Waals surface area (Å²) in [7, 11) is 0. The largest absolute Gasteiger partial charge is 0.444 e. The predicted octanol–water partition coefficient (Wildman–Crippen LogP) is 3.82. The van der Waals surface area contributed by atoms with Gasteiger partial charge >= 0.3 is 6.09 Å². The number of nitriles is 1. The molecule has 5 nitrogen and oxygen atoms in total. The first-order valence-corrected chi connectivity index (χ1v) is 9.05. The first-order chi connectivity index (χ1) is 11.3. The van der Waals surface area contributed by atoms with Crippen molar-refractivity contribution in [3.8, 4) is 6.07 Å². The van der Waals surface area contributed by atoms with E-state index < -0.39 is 5.60 Å². The lowest BCUT2D eigenvalue weighted by molar-refractivity contribution is 0.0184. The number of rotatable bonds is 4. The Morgan fingerprint density at radius 1 is 1.46 bits per heavy atom. The molecule has 1 aliphatic rings. The van der Waals surface area contributed by atoms with Crippen LogP contribution in [0.2, 0.25) is 0 Å². The third-order valence-electron chi connectivity index (χ3n) is 4.02. The SMILES string of the molecule is CC(C)(C)OC(=O)N1CCC(Cc2cc(C=O)c(CC#N)s2)CC1. The summed E-state index contributed by atoms with van der Waals surface area (Å²) in [6, 6.07) is 4.01. The minimum atomic E-state index is -0.465. The highest BCUT2D eigenvalue weighted by molar-refractivity contribution is 7.12. The Hall–Kier alpha value is -1.87. The van der Waals surface area contributed by atoms with E-state index in [1.165, 1.54) is 0 Å². The van der Waals surface area contributed by atoms with Crippen LogP contribution in [0.4, 0.5) is 4.79 Å². The molecule has 130 valence electrons. The van der Waals surface area contributed by atoms with Gasteiger partial charge in [0, 0.05) is 28.4 Å². The van der Waals surface area contributed by atoms with Gasteiger partial charge in [-0.25, -0.2) is 4.79 Å². The van der Waals surface area contributed by atoms with Gasteiger partial charge in [0.15, 0.2) is 6.29 Å². The number of piperidine rings is 1. The molecule has 0 aliphatic carbocycles. The molecule has 1 fully saturated rings. The van der Waals surface area contributed by atoms with Crippen molar-refractivity contribution >= 4 is 23.7 Å². The monoisotopic (exact) mass is 348 g/mol. The molecule has 1 aromatic rings. The number of amides is 1. The predicted molar refractivity (Wildman–Crippen MR) is 93.3 cm³/mol. The number of nitrogens with zero attached hydrogens (tertiary/aromatic N) is 2. The van der Waals surface area contributed by atoms with E-state index in [0.717, 1.165) is 35.3 Å². The summed E-state index contributed by atoms with van der Waals surface area (Å²) in [4.78, 5) is 26.9. The third-order valence-corrected chi connectivity index (χ3v) is 5.19. The van der Waals surface area contributed by atoms with E-state index in [-0.39, 0.29) is 12.5 Å². The molecule has 0 unspecified atom stereocenters. The van der Waals surface area contributed by atoms with Gasteiger partial charge in [-0.1, -0.05) is 0 Å². The van der Waals surface area contributed by atoms with E-state index in [9.17, 15) is 9.59 Å². The summed E-state index contributed by atoms with van der Waals surface area (Å²) < 4.78 is 5.41. The van der Waals surface area contributed by atoms with Crippen molar-refractivity contribution in [3.63, 3.8) is 0 Å². The molecule has 0 spiro atoms. The molecule has 0 radical (unpaired) electrons. The topological polar surface area (TPSA) is 70.4 Å². The van der Waals surface area contributed by atoms with Crippen molar-refractivity contribution in [1.29, 1.82) is 5.26 Å². The summed E-state index contributed by atoms with van der Waals surface area (Å²) in [5.74, 6) is 0.497. The van der Waals surface area contributed by atoms with Crippen LogP contribution in [0.5, 0.6) is 0 Å². The molecule has 2 heterocycles. The fraction of sp³-hybridized carbons (Fsp3) is 0.611. The molecule has 6 heteroatoms. The molecular weight excluding hydrogens is 324 g/mol. The maximum absolute atomic E-state index is 12.1. The fourth-order valence-electron chi connectivity index (χ4n) is 2.84. The second-order valence-electron chi connectivity index (χ2n) is 7.16. The molecule has 0 aromatic carbocycles. The van der Waals surface area contributed by atoms with Gasteiger partial charge in [-0.3, -0.25) is 4.79 Å². The van der Waals surface area contributed by atoms with Crippen molar-refractivity contribution in [2.24, 2.45) is 5.92 Å². The lowest BCUT2D eigenvalue weighted by atomic mass is 9.93. The van der Waals surface area contributed by atoms with E-state index in [0.29, 0.717) is 24.6 Å². The van der Waals surface area contributed by atoms with Crippen molar-refractivity contribution in [2.75, 3.05) is 13.1 Å². The summed E-state index contributed by atoms with van der Waals surface area (Å²) in [5, 5.41) is 8.82. The zero-order valence-electron chi connectivity index (χ0n) is 14.5. The first kappa shape index (κ1) is 18.5. The average molecular weight is 348 g/mol. The van der Waals surface area contributed by atoms with E-state index in [1.807, 2.05) is 26.8 Å². The molecule has 1 saturated heterocycles. The van der Waals surface area contributed by atoms with Crippen LogP contribution in [-0.4, -0.2) is 36.0 Å². The van der Waals surface area contributed by atoms with Gasteiger partial charge in [0.2, 0.25) is 0 Å². The normalized spacial score (nSPS) is 15.8. The molecule has 0 bridgehead atoms. The Bertz CT molecular complexity index is 632. The van der Waals surface area contributed by atoms with Gasteiger partial charge < -0.3 is 9.64 Å².